The third-order valence-corrected chi connectivity index (χ3v) is 5.22. The number of hydrogen-bond donors (Lipinski definition) is 0. The van der Waals surface area contributed by atoms with Crippen molar-refractivity contribution in [3.63, 3.8) is 0 Å². The Hall–Kier alpha value is -1.36. The van der Waals surface area contributed by atoms with Gasteiger partial charge in [0.25, 0.3) is 0 Å². The first kappa shape index (κ1) is 15.5. The molecule has 22 heavy (non-hydrogen) atoms. The van der Waals surface area contributed by atoms with Gasteiger partial charge >= 0.3 is 5.97 Å². The summed E-state index contributed by atoms with van der Waals surface area (Å²) in [5.41, 5.74) is 1.23. The van der Waals surface area contributed by atoms with E-state index in [9.17, 15) is 9.59 Å². The Morgan fingerprint density at radius 2 is 2.00 bits per heavy atom. The van der Waals surface area contributed by atoms with Crippen LogP contribution in [0.1, 0.15) is 30.7 Å². The monoisotopic (exact) mass is 365 g/mol. The van der Waals surface area contributed by atoms with Crippen LogP contribution in [0.4, 0.5) is 0 Å². The fourth-order valence-corrected chi connectivity index (χ4v) is 3.73. The number of nitrogens with zero attached hydrogens (tertiary/aromatic N) is 1. The minimum absolute atomic E-state index is 0.0471. The summed E-state index contributed by atoms with van der Waals surface area (Å²) >= 11 is 3.48. The maximum absolute atomic E-state index is 12.6. The summed E-state index contributed by atoms with van der Waals surface area (Å²) < 4.78 is 5.84. The van der Waals surface area contributed by atoms with Crippen molar-refractivity contribution in [2.45, 2.75) is 25.2 Å². The van der Waals surface area contributed by atoms with Gasteiger partial charge in [0.2, 0.25) is 5.91 Å². The molecular formula is C17H20BrNO3. The van der Waals surface area contributed by atoms with Crippen LogP contribution in [0, 0.1) is 11.8 Å². The molecule has 0 radical (unpaired) electrons. The number of benzene rings is 1. The highest BCUT2D eigenvalue weighted by Gasteiger charge is 2.46. The Kier molecular flexibility index (Phi) is 4.52. The van der Waals surface area contributed by atoms with Crippen molar-refractivity contribution in [3.8, 4) is 0 Å². The van der Waals surface area contributed by atoms with Crippen molar-refractivity contribution >= 4 is 27.8 Å². The number of methoxy groups -OCH3 is 1. The summed E-state index contributed by atoms with van der Waals surface area (Å²) in [6.07, 6.45) is 2.37. The van der Waals surface area contributed by atoms with Gasteiger partial charge in [-0.25, -0.2) is 0 Å². The van der Waals surface area contributed by atoms with Crippen LogP contribution < -0.4 is 0 Å². The van der Waals surface area contributed by atoms with E-state index in [0.29, 0.717) is 31.8 Å². The lowest BCUT2D eigenvalue weighted by molar-refractivity contribution is -0.149. The second-order valence-electron chi connectivity index (χ2n) is 6.13. The first-order chi connectivity index (χ1) is 10.6. The number of carbonyl (C=O) groups is 2. The van der Waals surface area contributed by atoms with E-state index in [1.807, 2.05) is 17.0 Å². The van der Waals surface area contributed by atoms with E-state index in [1.54, 1.807) is 0 Å². The highest BCUT2D eigenvalue weighted by molar-refractivity contribution is 9.10. The van der Waals surface area contributed by atoms with Gasteiger partial charge in [-0.15, -0.1) is 0 Å². The number of amides is 1. The SMILES string of the molecule is COC(=O)C1CCN(C(=O)[C@H]2C[C@@H]2c2cccc(Br)c2)CC1. The van der Waals surface area contributed by atoms with Crippen LogP contribution in [0.5, 0.6) is 0 Å². The Bertz CT molecular complexity index is 581. The summed E-state index contributed by atoms with van der Waals surface area (Å²) in [5.74, 6) is 0.514. The summed E-state index contributed by atoms with van der Waals surface area (Å²) in [6.45, 7) is 1.33. The van der Waals surface area contributed by atoms with Crippen LogP contribution in [-0.2, 0) is 14.3 Å². The quantitative estimate of drug-likeness (QED) is 0.773. The maximum Gasteiger partial charge on any atom is 0.308 e. The topological polar surface area (TPSA) is 46.6 Å². The van der Waals surface area contributed by atoms with Crippen molar-refractivity contribution in [1.29, 1.82) is 0 Å². The molecule has 5 heteroatoms. The average Bonchev–Trinajstić information content (AvgIpc) is 3.34. The van der Waals surface area contributed by atoms with E-state index in [2.05, 4.69) is 28.1 Å². The lowest BCUT2D eigenvalue weighted by Gasteiger charge is -2.31. The third kappa shape index (κ3) is 3.19. The number of rotatable bonds is 3. The number of likely N-dealkylation sites (tertiary alicyclic amines) is 1. The highest BCUT2D eigenvalue weighted by Crippen LogP contribution is 2.49. The molecule has 0 bridgehead atoms. The minimum atomic E-state index is -0.148. The van der Waals surface area contributed by atoms with Gasteiger partial charge in [-0.2, -0.15) is 0 Å². The molecule has 0 aromatic heterocycles. The lowest BCUT2D eigenvalue weighted by atomic mass is 9.96. The van der Waals surface area contributed by atoms with E-state index in [-0.39, 0.29) is 23.7 Å². The summed E-state index contributed by atoms with van der Waals surface area (Å²) in [4.78, 5) is 26.0. The molecule has 1 saturated carbocycles. The van der Waals surface area contributed by atoms with E-state index >= 15 is 0 Å². The van der Waals surface area contributed by atoms with Gasteiger partial charge in [-0.05, 0) is 42.9 Å². The molecule has 1 amide bonds. The van der Waals surface area contributed by atoms with Gasteiger partial charge in [0.1, 0.15) is 0 Å². The van der Waals surface area contributed by atoms with Crippen LogP contribution in [-0.4, -0.2) is 37.0 Å². The Morgan fingerprint density at radius 1 is 1.27 bits per heavy atom. The zero-order chi connectivity index (χ0) is 15.7. The van der Waals surface area contributed by atoms with Gasteiger partial charge < -0.3 is 9.64 Å². The van der Waals surface area contributed by atoms with Gasteiger partial charge in [-0.3, -0.25) is 9.59 Å². The van der Waals surface area contributed by atoms with Crippen molar-refractivity contribution in [2.75, 3.05) is 20.2 Å². The first-order valence-corrected chi connectivity index (χ1v) is 8.51. The summed E-state index contributed by atoms with van der Waals surface area (Å²) in [7, 11) is 1.42. The summed E-state index contributed by atoms with van der Waals surface area (Å²) in [5, 5.41) is 0. The van der Waals surface area contributed by atoms with E-state index in [4.69, 9.17) is 4.74 Å². The van der Waals surface area contributed by atoms with Gasteiger partial charge in [-0.1, -0.05) is 28.1 Å². The molecule has 0 spiro atoms. The summed E-state index contributed by atoms with van der Waals surface area (Å²) in [6, 6.07) is 8.20. The molecule has 0 unspecified atom stereocenters. The van der Waals surface area contributed by atoms with Crippen LogP contribution in [0.2, 0.25) is 0 Å². The van der Waals surface area contributed by atoms with Crippen LogP contribution in [0.3, 0.4) is 0 Å². The fraction of sp³-hybridized carbons (Fsp3) is 0.529. The Morgan fingerprint density at radius 3 is 2.64 bits per heavy atom. The molecule has 1 aliphatic heterocycles. The Balaban J connectivity index is 1.55. The number of esters is 1. The highest BCUT2D eigenvalue weighted by atomic mass is 79.9. The van der Waals surface area contributed by atoms with E-state index < -0.39 is 0 Å². The van der Waals surface area contributed by atoms with Crippen LogP contribution in [0.15, 0.2) is 28.7 Å². The number of halogens is 1. The van der Waals surface area contributed by atoms with Gasteiger partial charge in [0.05, 0.1) is 13.0 Å². The zero-order valence-electron chi connectivity index (χ0n) is 12.6. The molecule has 118 valence electrons. The van der Waals surface area contributed by atoms with Crippen molar-refractivity contribution in [3.05, 3.63) is 34.3 Å². The van der Waals surface area contributed by atoms with Crippen LogP contribution >= 0.6 is 15.9 Å². The molecule has 4 nitrogen and oxygen atoms in total. The molecule has 1 aromatic carbocycles. The normalized spacial score (nSPS) is 24.9. The second kappa shape index (κ2) is 6.41. The van der Waals surface area contributed by atoms with Crippen molar-refractivity contribution in [1.82, 2.24) is 4.90 Å². The molecular weight excluding hydrogens is 346 g/mol. The Labute approximate surface area is 138 Å². The molecule has 0 N–H and O–H groups in total. The van der Waals surface area contributed by atoms with Crippen LogP contribution in [0.25, 0.3) is 0 Å². The second-order valence-corrected chi connectivity index (χ2v) is 7.04. The van der Waals surface area contributed by atoms with Crippen molar-refractivity contribution < 1.29 is 14.3 Å². The zero-order valence-corrected chi connectivity index (χ0v) is 14.2. The molecule has 3 rings (SSSR count). The largest absolute Gasteiger partial charge is 0.469 e. The predicted octanol–water partition coefficient (Wildman–Crippen LogP) is 2.96. The first-order valence-electron chi connectivity index (χ1n) is 7.72. The molecule has 2 fully saturated rings. The number of carbonyl (C=O) groups excluding carboxylic acids is 2. The van der Waals surface area contributed by atoms with Gasteiger partial charge in [0, 0.05) is 23.5 Å². The van der Waals surface area contributed by atoms with E-state index in [0.717, 1.165) is 10.9 Å². The lowest BCUT2D eigenvalue weighted by Crippen LogP contribution is -2.41. The molecule has 1 heterocycles. The molecule has 1 aromatic rings. The number of ether oxygens (including phenoxy) is 1. The number of hydrogen-bond acceptors (Lipinski definition) is 3. The molecule has 1 aliphatic carbocycles. The van der Waals surface area contributed by atoms with Gasteiger partial charge in [0.15, 0.2) is 0 Å². The molecule has 1 saturated heterocycles. The standard InChI is InChI=1S/C17H20BrNO3/c1-22-17(21)11-5-7-19(8-6-11)16(20)15-10-14(15)12-3-2-4-13(18)9-12/h2-4,9,11,14-15H,5-8,10H2,1H3/t14-,15+/m1/s1. The third-order valence-electron chi connectivity index (χ3n) is 4.73. The molecule has 2 aliphatic rings. The fourth-order valence-electron chi connectivity index (χ4n) is 3.31. The van der Waals surface area contributed by atoms with Crippen molar-refractivity contribution in [2.24, 2.45) is 11.8 Å². The smallest absolute Gasteiger partial charge is 0.308 e. The predicted molar refractivity (Wildman–Crippen MR) is 86.3 cm³/mol. The maximum atomic E-state index is 12.6. The minimum Gasteiger partial charge on any atom is -0.469 e. The number of piperidine rings is 1. The van der Waals surface area contributed by atoms with E-state index in [1.165, 1.54) is 12.7 Å². The molecule has 2 atom stereocenters. The average molecular weight is 366 g/mol.